The third kappa shape index (κ3) is 6.51. The number of carbonyl (C=O) groups is 2. The van der Waals surface area contributed by atoms with Gasteiger partial charge in [-0.1, -0.05) is 68.7 Å². The monoisotopic (exact) mass is 478 g/mol. The summed E-state index contributed by atoms with van der Waals surface area (Å²) in [4.78, 5) is 30.3. The van der Waals surface area contributed by atoms with E-state index in [1.807, 2.05) is 19.1 Å². The van der Waals surface area contributed by atoms with Crippen LogP contribution in [0.25, 0.3) is 5.76 Å². The van der Waals surface area contributed by atoms with E-state index in [0.29, 0.717) is 17.7 Å². The number of unbranched alkanes of at least 4 members (excludes halogenated alkanes) is 2. The first-order chi connectivity index (χ1) is 16.9. The summed E-state index contributed by atoms with van der Waals surface area (Å²) < 4.78 is 0. The summed E-state index contributed by atoms with van der Waals surface area (Å²) in [6.07, 6.45) is 5.28. The lowest BCUT2D eigenvalue weighted by Crippen LogP contribution is -2.34. The molecule has 0 saturated carbocycles. The number of nitrogens with zero attached hydrogens (tertiary/aromatic N) is 2. The Kier molecular flexibility index (Phi) is 9.49. The van der Waals surface area contributed by atoms with Gasteiger partial charge in [0.1, 0.15) is 11.5 Å². The minimum Gasteiger partial charge on any atom is -0.508 e. The fraction of sp³-hybridized carbons (Fsp3) is 0.448. The Hall–Kier alpha value is -3.12. The number of likely N-dealkylation sites (tertiary alicyclic amines) is 1. The van der Waals surface area contributed by atoms with Crippen LogP contribution < -0.4 is 0 Å². The number of Topliss-reactive ketones (excluding diaryl/α,β-unsaturated/α-hetero) is 1. The van der Waals surface area contributed by atoms with Gasteiger partial charge in [0.2, 0.25) is 0 Å². The number of carbonyl (C=O) groups excluding carboxylic acids is 2. The summed E-state index contributed by atoms with van der Waals surface area (Å²) in [6, 6.07) is 13.0. The van der Waals surface area contributed by atoms with Crippen molar-refractivity contribution >= 4 is 17.4 Å². The van der Waals surface area contributed by atoms with E-state index in [0.717, 1.165) is 57.3 Å². The maximum absolute atomic E-state index is 13.2. The molecular formula is C29H38N2O4. The molecular weight excluding hydrogens is 440 g/mol. The molecule has 188 valence electrons. The Morgan fingerprint density at radius 3 is 2.03 bits per heavy atom. The van der Waals surface area contributed by atoms with Crippen molar-refractivity contribution in [1.29, 1.82) is 0 Å². The second kappa shape index (κ2) is 12.5. The first-order valence-electron chi connectivity index (χ1n) is 12.7. The summed E-state index contributed by atoms with van der Waals surface area (Å²) in [5.74, 6) is -1.33. The number of aliphatic hydroxyl groups is 1. The molecule has 0 aliphatic carbocycles. The van der Waals surface area contributed by atoms with Crippen molar-refractivity contribution in [1.82, 2.24) is 9.80 Å². The van der Waals surface area contributed by atoms with Crippen molar-refractivity contribution in [2.45, 2.75) is 58.9 Å². The molecule has 1 amide bonds. The molecule has 35 heavy (non-hydrogen) atoms. The quantitative estimate of drug-likeness (QED) is 0.242. The van der Waals surface area contributed by atoms with Gasteiger partial charge in [-0.05, 0) is 63.5 Å². The number of benzene rings is 2. The van der Waals surface area contributed by atoms with Crippen LogP contribution >= 0.6 is 0 Å². The molecule has 3 rings (SSSR count). The van der Waals surface area contributed by atoms with Crippen molar-refractivity contribution in [2.75, 3.05) is 26.2 Å². The number of aliphatic hydroxyl groups excluding tert-OH is 1. The van der Waals surface area contributed by atoms with E-state index in [4.69, 9.17) is 0 Å². The third-order valence-corrected chi connectivity index (χ3v) is 6.60. The SMILES string of the molecule is CCCCN(CCCC)CCCN1C(=O)C(=O)C(=C(O)c2ccc(C)cc2)[C@H]1c1ccc(O)cc1. The third-order valence-electron chi connectivity index (χ3n) is 6.60. The number of hydrogen-bond donors (Lipinski definition) is 2. The Labute approximate surface area is 208 Å². The van der Waals surface area contributed by atoms with Gasteiger partial charge in [0, 0.05) is 12.1 Å². The largest absolute Gasteiger partial charge is 0.508 e. The molecule has 2 aromatic rings. The fourth-order valence-electron chi connectivity index (χ4n) is 4.54. The Bertz CT molecular complexity index is 1020. The number of phenols is 1. The summed E-state index contributed by atoms with van der Waals surface area (Å²) in [7, 11) is 0. The predicted octanol–water partition coefficient (Wildman–Crippen LogP) is 5.41. The highest BCUT2D eigenvalue weighted by Crippen LogP contribution is 2.39. The zero-order chi connectivity index (χ0) is 25.4. The van der Waals surface area contributed by atoms with Gasteiger partial charge in [-0.15, -0.1) is 0 Å². The van der Waals surface area contributed by atoms with Crippen molar-refractivity contribution in [2.24, 2.45) is 0 Å². The second-order valence-corrected chi connectivity index (χ2v) is 9.35. The van der Waals surface area contributed by atoms with Crippen LogP contribution in [-0.4, -0.2) is 57.9 Å². The van der Waals surface area contributed by atoms with Gasteiger partial charge in [0.05, 0.1) is 11.6 Å². The second-order valence-electron chi connectivity index (χ2n) is 9.35. The Morgan fingerprint density at radius 1 is 0.886 bits per heavy atom. The van der Waals surface area contributed by atoms with Crippen LogP contribution in [0.3, 0.4) is 0 Å². The highest BCUT2D eigenvalue weighted by atomic mass is 16.3. The summed E-state index contributed by atoms with van der Waals surface area (Å²) in [5, 5.41) is 20.9. The molecule has 6 nitrogen and oxygen atoms in total. The highest BCUT2D eigenvalue weighted by Gasteiger charge is 2.45. The first kappa shape index (κ1) is 26.5. The molecule has 1 fully saturated rings. The van der Waals surface area contributed by atoms with E-state index >= 15 is 0 Å². The van der Waals surface area contributed by atoms with Gasteiger partial charge < -0.3 is 20.0 Å². The van der Waals surface area contributed by atoms with Gasteiger partial charge in [-0.25, -0.2) is 0 Å². The van der Waals surface area contributed by atoms with Crippen LogP contribution in [0.1, 0.15) is 68.7 Å². The van der Waals surface area contributed by atoms with Crippen LogP contribution in [0.4, 0.5) is 0 Å². The van der Waals surface area contributed by atoms with E-state index in [1.54, 1.807) is 41.3 Å². The minimum absolute atomic E-state index is 0.0957. The number of aryl methyl sites for hydroxylation is 1. The molecule has 1 heterocycles. The highest BCUT2D eigenvalue weighted by molar-refractivity contribution is 6.46. The van der Waals surface area contributed by atoms with Crippen molar-refractivity contribution in [3.63, 3.8) is 0 Å². The van der Waals surface area contributed by atoms with Crippen molar-refractivity contribution in [3.05, 3.63) is 70.8 Å². The molecule has 6 heteroatoms. The summed E-state index contributed by atoms with van der Waals surface area (Å²) in [5.41, 5.74) is 2.32. The molecule has 0 spiro atoms. The van der Waals surface area contributed by atoms with E-state index in [9.17, 15) is 19.8 Å². The molecule has 1 aliphatic rings. The lowest BCUT2D eigenvalue weighted by molar-refractivity contribution is -0.140. The number of amides is 1. The van der Waals surface area contributed by atoms with Crippen LogP contribution in [0.2, 0.25) is 0 Å². The maximum Gasteiger partial charge on any atom is 0.295 e. The number of phenolic OH excluding ortho intramolecular Hbond substituents is 1. The van der Waals surface area contributed by atoms with Crippen molar-refractivity contribution in [3.8, 4) is 5.75 Å². The Balaban J connectivity index is 1.90. The normalized spacial score (nSPS) is 17.5. The predicted molar refractivity (Wildman–Crippen MR) is 139 cm³/mol. The van der Waals surface area contributed by atoms with E-state index < -0.39 is 17.7 Å². The zero-order valence-electron chi connectivity index (χ0n) is 21.2. The smallest absolute Gasteiger partial charge is 0.295 e. The van der Waals surface area contributed by atoms with Gasteiger partial charge in [-0.2, -0.15) is 0 Å². The minimum atomic E-state index is -0.698. The molecule has 1 atom stereocenters. The zero-order valence-corrected chi connectivity index (χ0v) is 21.2. The maximum atomic E-state index is 13.2. The molecule has 2 N–H and O–H groups in total. The van der Waals surface area contributed by atoms with Gasteiger partial charge >= 0.3 is 0 Å². The average molecular weight is 479 g/mol. The molecule has 0 unspecified atom stereocenters. The average Bonchev–Trinajstić information content (AvgIpc) is 3.10. The lowest BCUT2D eigenvalue weighted by atomic mass is 9.95. The molecule has 1 saturated heterocycles. The number of rotatable bonds is 12. The molecule has 2 aromatic carbocycles. The van der Waals surface area contributed by atoms with E-state index in [-0.39, 0.29) is 17.1 Å². The topological polar surface area (TPSA) is 81.1 Å². The first-order valence-corrected chi connectivity index (χ1v) is 12.7. The summed E-state index contributed by atoms with van der Waals surface area (Å²) in [6.45, 7) is 9.64. The number of hydrogen-bond acceptors (Lipinski definition) is 5. The molecule has 0 radical (unpaired) electrons. The van der Waals surface area contributed by atoms with Crippen LogP contribution in [0, 0.1) is 6.92 Å². The molecule has 0 aromatic heterocycles. The molecule has 1 aliphatic heterocycles. The van der Waals surface area contributed by atoms with E-state index in [1.165, 1.54) is 0 Å². The van der Waals surface area contributed by atoms with Crippen molar-refractivity contribution < 1.29 is 19.8 Å². The Morgan fingerprint density at radius 2 is 1.46 bits per heavy atom. The standard InChI is InChI=1S/C29H38N2O4/c1-4-6-17-30(18-7-5-2)19-8-20-31-26(22-13-15-24(32)16-14-22)25(28(34)29(31)35)27(33)23-11-9-21(3)10-12-23/h9-16,26,32-33H,4-8,17-20H2,1-3H3/t26-/m1/s1. The van der Waals surface area contributed by atoms with Gasteiger partial charge in [0.15, 0.2) is 0 Å². The van der Waals surface area contributed by atoms with Crippen LogP contribution in [0.5, 0.6) is 5.75 Å². The van der Waals surface area contributed by atoms with Gasteiger partial charge in [0.25, 0.3) is 11.7 Å². The fourth-order valence-corrected chi connectivity index (χ4v) is 4.54. The lowest BCUT2D eigenvalue weighted by Gasteiger charge is -2.27. The molecule has 0 bridgehead atoms. The van der Waals surface area contributed by atoms with Crippen LogP contribution in [-0.2, 0) is 9.59 Å². The summed E-state index contributed by atoms with van der Waals surface area (Å²) >= 11 is 0. The number of ketones is 1. The van der Waals surface area contributed by atoms with Gasteiger partial charge in [-0.3, -0.25) is 9.59 Å². The van der Waals surface area contributed by atoms with Crippen LogP contribution in [0.15, 0.2) is 54.1 Å². The van der Waals surface area contributed by atoms with E-state index in [2.05, 4.69) is 18.7 Å². The number of aromatic hydroxyl groups is 1.